The summed E-state index contributed by atoms with van der Waals surface area (Å²) in [5.41, 5.74) is 0.00695. The van der Waals surface area contributed by atoms with E-state index in [1.54, 1.807) is 18.2 Å². The van der Waals surface area contributed by atoms with E-state index in [1.165, 1.54) is 12.1 Å². The Balaban J connectivity index is 1.39. The van der Waals surface area contributed by atoms with Crippen LogP contribution < -0.4 is 4.74 Å². The topological polar surface area (TPSA) is 49.8 Å². The van der Waals surface area contributed by atoms with Crippen molar-refractivity contribution in [3.8, 4) is 5.75 Å². The van der Waals surface area contributed by atoms with E-state index in [-0.39, 0.29) is 54.8 Å². The van der Waals surface area contributed by atoms with Crippen LogP contribution in [0.25, 0.3) is 10.8 Å². The standard InChI is InChI=1S/C27H30F5NO3/c28-26(29)10-8-21(9-11-26)36-23-7-5-17-12-16(4-6-22(17)24(23)27(30,31)32)15-33-19-2-1-3-20(33)14-18(13-19)25(34)35/h4-7,12,18-21H,1-3,8-11,13-15H2,(H,34,35). The van der Waals surface area contributed by atoms with E-state index in [4.69, 9.17) is 4.74 Å². The van der Waals surface area contributed by atoms with Gasteiger partial charge in [0.25, 0.3) is 0 Å². The molecule has 3 fully saturated rings. The second-order valence-electron chi connectivity index (χ2n) is 10.6. The van der Waals surface area contributed by atoms with Gasteiger partial charge in [0.2, 0.25) is 5.92 Å². The molecule has 0 amide bonds. The Bertz CT molecular complexity index is 1110. The maximum absolute atomic E-state index is 14.1. The molecule has 4 nitrogen and oxygen atoms in total. The predicted molar refractivity (Wildman–Crippen MR) is 124 cm³/mol. The lowest BCUT2D eigenvalue weighted by Gasteiger charge is -2.48. The highest BCUT2D eigenvalue weighted by Gasteiger charge is 2.41. The number of carboxylic acids is 1. The first-order valence-electron chi connectivity index (χ1n) is 12.7. The first-order chi connectivity index (χ1) is 17.0. The van der Waals surface area contributed by atoms with Gasteiger partial charge < -0.3 is 9.84 Å². The number of carbonyl (C=O) groups is 1. The largest absolute Gasteiger partial charge is 0.490 e. The zero-order valence-corrected chi connectivity index (χ0v) is 19.9. The van der Waals surface area contributed by atoms with Crippen LogP contribution in [-0.4, -0.2) is 40.1 Å². The summed E-state index contributed by atoms with van der Waals surface area (Å²) >= 11 is 0. The fourth-order valence-corrected chi connectivity index (χ4v) is 6.31. The highest BCUT2D eigenvalue weighted by molar-refractivity contribution is 5.89. The minimum Gasteiger partial charge on any atom is -0.490 e. The molecule has 3 aliphatic rings. The number of alkyl halides is 5. The van der Waals surface area contributed by atoms with Crippen molar-refractivity contribution >= 4 is 16.7 Å². The van der Waals surface area contributed by atoms with E-state index in [2.05, 4.69) is 4.90 Å². The molecule has 0 radical (unpaired) electrons. The fraction of sp³-hybridized carbons (Fsp3) is 0.593. The highest BCUT2D eigenvalue weighted by Crippen LogP contribution is 2.44. The van der Waals surface area contributed by atoms with Crippen molar-refractivity contribution in [1.29, 1.82) is 0 Å². The second kappa shape index (κ2) is 9.47. The minimum atomic E-state index is -4.66. The quantitative estimate of drug-likeness (QED) is 0.438. The summed E-state index contributed by atoms with van der Waals surface area (Å²) in [6, 6.07) is 8.15. The number of ether oxygens (including phenoxy) is 1. The molecule has 36 heavy (non-hydrogen) atoms. The Morgan fingerprint density at radius 1 is 1.03 bits per heavy atom. The monoisotopic (exact) mass is 511 g/mol. The number of hydrogen-bond acceptors (Lipinski definition) is 3. The Hall–Kier alpha value is -2.42. The van der Waals surface area contributed by atoms with Crippen LogP contribution in [0.3, 0.4) is 0 Å². The number of carboxylic acid groups (broad SMARTS) is 1. The molecule has 2 unspecified atom stereocenters. The molecule has 9 heteroatoms. The summed E-state index contributed by atoms with van der Waals surface area (Å²) in [4.78, 5) is 13.9. The van der Waals surface area contributed by atoms with Crippen molar-refractivity contribution in [3.05, 3.63) is 41.5 Å². The molecule has 1 saturated carbocycles. The van der Waals surface area contributed by atoms with Crippen molar-refractivity contribution in [2.45, 2.75) is 94.6 Å². The Morgan fingerprint density at radius 3 is 2.31 bits per heavy atom. The number of piperidine rings is 2. The van der Waals surface area contributed by atoms with Gasteiger partial charge in [-0.25, -0.2) is 8.78 Å². The number of halogens is 5. The molecule has 2 heterocycles. The summed E-state index contributed by atoms with van der Waals surface area (Å²) in [6.45, 7) is 0.563. The molecule has 2 aromatic carbocycles. The van der Waals surface area contributed by atoms with Crippen LogP contribution in [0, 0.1) is 5.92 Å². The normalized spacial score (nSPS) is 27.2. The van der Waals surface area contributed by atoms with Gasteiger partial charge in [-0.05, 0) is 67.0 Å². The van der Waals surface area contributed by atoms with E-state index in [0.717, 1.165) is 24.8 Å². The molecule has 2 aromatic rings. The molecule has 0 aromatic heterocycles. The van der Waals surface area contributed by atoms with Gasteiger partial charge in [-0.3, -0.25) is 9.69 Å². The molecule has 1 N–H and O–H groups in total. The molecule has 2 atom stereocenters. The van der Waals surface area contributed by atoms with Crippen LogP contribution in [0.2, 0.25) is 0 Å². The number of fused-ring (bicyclic) bond motifs is 3. The van der Waals surface area contributed by atoms with E-state index < -0.39 is 29.7 Å². The minimum absolute atomic E-state index is 0.0160. The van der Waals surface area contributed by atoms with Crippen LogP contribution in [0.1, 0.15) is 68.9 Å². The van der Waals surface area contributed by atoms with Crippen molar-refractivity contribution in [2.75, 3.05) is 0 Å². The Morgan fingerprint density at radius 2 is 1.69 bits per heavy atom. The zero-order chi connectivity index (χ0) is 25.7. The van der Waals surface area contributed by atoms with E-state index in [1.807, 2.05) is 0 Å². The number of aliphatic carboxylic acids is 1. The van der Waals surface area contributed by atoms with Crippen LogP contribution in [0.15, 0.2) is 30.3 Å². The maximum atomic E-state index is 14.1. The molecular formula is C27H30F5NO3. The number of nitrogens with zero attached hydrogens (tertiary/aromatic N) is 1. The van der Waals surface area contributed by atoms with Gasteiger partial charge in [-0.1, -0.05) is 24.6 Å². The maximum Gasteiger partial charge on any atom is 0.420 e. The van der Waals surface area contributed by atoms with Gasteiger partial charge in [-0.2, -0.15) is 13.2 Å². The first kappa shape index (κ1) is 25.2. The molecule has 2 aliphatic heterocycles. The van der Waals surface area contributed by atoms with E-state index in [0.29, 0.717) is 24.8 Å². The summed E-state index contributed by atoms with van der Waals surface area (Å²) < 4.78 is 75.0. The van der Waals surface area contributed by atoms with Crippen LogP contribution >= 0.6 is 0 Å². The van der Waals surface area contributed by atoms with Gasteiger partial charge in [0.15, 0.2) is 0 Å². The van der Waals surface area contributed by atoms with Gasteiger partial charge in [0.05, 0.1) is 12.0 Å². The lowest BCUT2D eigenvalue weighted by Crippen LogP contribution is -2.52. The SMILES string of the molecule is O=C(O)C1CC2CCCC(C1)N2Cc1ccc2c(C(F)(F)F)c(OC3CCC(F)(F)CC3)ccc2c1. The number of hydrogen-bond donors (Lipinski definition) is 1. The van der Waals surface area contributed by atoms with E-state index >= 15 is 0 Å². The van der Waals surface area contributed by atoms with E-state index in [9.17, 15) is 31.9 Å². The Kier molecular flexibility index (Phi) is 6.64. The summed E-state index contributed by atoms with van der Waals surface area (Å²) in [5, 5.41) is 9.94. The summed E-state index contributed by atoms with van der Waals surface area (Å²) in [5.74, 6) is -4.19. The molecule has 2 saturated heterocycles. The lowest BCUT2D eigenvalue weighted by atomic mass is 9.78. The second-order valence-corrected chi connectivity index (χ2v) is 10.6. The molecule has 196 valence electrons. The highest BCUT2D eigenvalue weighted by atomic mass is 19.4. The molecular weight excluding hydrogens is 481 g/mol. The van der Waals surface area contributed by atoms with Crippen molar-refractivity contribution in [2.24, 2.45) is 5.92 Å². The first-order valence-corrected chi connectivity index (χ1v) is 12.7. The lowest BCUT2D eigenvalue weighted by molar-refractivity contribution is -0.146. The van der Waals surface area contributed by atoms with Gasteiger partial charge >= 0.3 is 12.1 Å². The van der Waals surface area contributed by atoms with Gasteiger partial charge in [0.1, 0.15) is 11.3 Å². The van der Waals surface area contributed by atoms with Gasteiger partial charge in [0, 0.05) is 31.5 Å². The Labute approximate surface area is 206 Å². The summed E-state index contributed by atoms with van der Waals surface area (Å²) in [6.07, 6.45) is -1.95. The van der Waals surface area contributed by atoms with Crippen molar-refractivity contribution in [3.63, 3.8) is 0 Å². The van der Waals surface area contributed by atoms with Crippen molar-refractivity contribution < 1.29 is 36.6 Å². The van der Waals surface area contributed by atoms with Crippen LogP contribution in [0.4, 0.5) is 22.0 Å². The molecule has 0 spiro atoms. The molecule has 1 aliphatic carbocycles. The molecule has 5 rings (SSSR count). The predicted octanol–water partition coefficient (Wildman–Crippen LogP) is 7.03. The average molecular weight is 512 g/mol. The summed E-state index contributed by atoms with van der Waals surface area (Å²) in [7, 11) is 0. The zero-order valence-electron chi connectivity index (χ0n) is 19.9. The molecule has 2 bridgehead atoms. The van der Waals surface area contributed by atoms with Crippen LogP contribution in [-0.2, 0) is 17.5 Å². The third-order valence-corrected chi connectivity index (χ3v) is 8.13. The third kappa shape index (κ3) is 5.17. The third-order valence-electron chi connectivity index (χ3n) is 8.13. The fourth-order valence-electron chi connectivity index (χ4n) is 6.31. The van der Waals surface area contributed by atoms with Crippen molar-refractivity contribution in [1.82, 2.24) is 4.90 Å². The number of benzene rings is 2. The number of rotatable bonds is 5. The van der Waals surface area contributed by atoms with Crippen LogP contribution in [0.5, 0.6) is 5.75 Å². The average Bonchev–Trinajstić information content (AvgIpc) is 2.79. The smallest absolute Gasteiger partial charge is 0.420 e. The van der Waals surface area contributed by atoms with Gasteiger partial charge in [-0.15, -0.1) is 0 Å².